The van der Waals surface area contributed by atoms with Crippen LogP contribution in [0.3, 0.4) is 0 Å². The smallest absolute Gasteiger partial charge is 0.490 e. The zero-order valence-corrected chi connectivity index (χ0v) is 11.2. The number of rotatable bonds is 3. The van der Waals surface area contributed by atoms with Gasteiger partial charge in [0, 0.05) is 12.8 Å². The number of nitrogens with two attached hydrogens (primary N) is 1. The lowest BCUT2D eigenvalue weighted by atomic mass is 9.90. The molecule has 0 aromatic heterocycles. The van der Waals surface area contributed by atoms with Crippen molar-refractivity contribution < 1.29 is 27.4 Å². The Hall–Kier alpha value is -1.76. The van der Waals surface area contributed by atoms with E-state index in [4.69, 9.17) is 10.5 Å². The molecule has 4 nitrogen and oxygen atoms in total. The number of carbonyl (C=O) groups is 1. The summed E-state index contributed by atoms with van der Waals surface area (Å²) in [5.74, 6) is -1.65. The third-order valence-electron chi connectivity index (χ3n) is 3.27. The molecule has 0 saturated heterocycles. The minimum Gasteiger partial charge on any atom is -0.490 e. The molecule has 7 heteroatoms. The van der Waals surface area contributed by atoms with Gasteiger partial charge in [0.1, 0.15) is 11.9 Å². The number of para-hydroxylation sites is 1. The maximum Gasteiger partial charge on any atom is 0.490 e. The van der Waals surface area contributed by atoms with E-state index in [1.165, 1.54) is 0 Å². The van der Waals surface area contributed by atoms with Crippen molar-refractivity contribution in [3.63, 3.8) is 0 Å². The number of ether oxygens (including phenoxy) is 2. The molecule has 1 aromatic rings. The van der Waals surface area contributed by atoms with E-state index in [1.807, 2.05) is 6.07 Å². The summed E-state index contributed by atoms with van der Waals surface area (Å²) in [6.07, 6.45) is -4.03. The lowest BCUT2D eigenvalue weighted by Gasteiger charge is -2.37. The molecule has 0 spiro atoms. The fourth-order valence-corrected chi connectivity index (χ4v) is 2.35. The highest BCUT2D eigenvalue weighted by atomic mass is 19.4. The maximum absolute atomic E-state index is 12.3. The van der Waals surface area contributed by atoms with E-state index in [0.717, 1.165) is 0 Å². The molecule has 21 heavy (non-hydrogen) atoms. The van der Waals surface area contributed by atoms with Gasteiger partial charge in [-0.15, -0.1) is 0 Å². The topological polar surface area (TPSA) is 61.5 Å². The van der Waals surface area contributed by atoms with Gasteiger partial charge in [-0.25, -0.2) is 4.79 Å². The molecule has 1 aliphatic carbocycles. The SMILES string of the molecule is N[C@]1(OC(=O)C(F)(F)F)CCC[C@@H](Oc2ccccc2)C1. The first-order chi connectivity index (χ1) is 9.78. The Morgan fingerprint density at radius 1 is 1.29 bits per heavy atom. The number of hydrogen-bond donors (Lipinski definition) is 1. The molecule has 0 amide bonds. The lowest BCUT2D eigenvalue weighted by molar-refractivity contribution is -0.218. The number of benzene rings is 1. The quantitative estimate of drug-likeness (QED) is 0.689. The molecule has 116 valence electrons. The molecule has 0 unspecified atom stereocenters. The molecule has 1 saturated carbocycles. The summed E-state index contributed by atoms with van der Waals surface area (Å²) in [5, 5.41) is 0. The van der Waals surface area contributed by atoms with Gasteiger partial charge in [0.2, 0.25) is 0 Å². The Morgan fingerprint density at radius 2 is 1.95 bits per heavy atom. The predicted octanol–water partition coefficient (Wildman–Crippen LogP) is 2.77. The number of carbonyl (C=O) groups excluding carboxylic acids is 1. The summed E-state index contributed by atoms with van der Waals surface area (Å²) in [6.45, 7) is 0. The fourth-order valence-electron chi connectivity index (χ4n) is 2.35. The molecule has 1 fully saturated rings. The van der Waals surface area contributed by atoms with Crippen LogP contribution in [-0.2, 0) is 9.53 Å². The van der Waals surface area contributed by atoms with Gasteiger partial charge in [-0.1, -0.05) is 18.2 Å². The van der Waals surface area contributed by atoms with E-state index in [2.05, 4.69) is 4.74 Å². The Morgan fingerprint density at radius 3 is 2.57 bits per heavy atom. The van der Waals surface area contributed by atoms with Crippen molar-refractivity contribution >= 4 is 5.97 Å². The van der Waals surface area contributed by atoms with Crippen molar-refractivity contribution in [1.29, 1.82) is 0 Å². The van der Waals surface area contributed by atoms with Gasteiger partial charge in [-0.05, 0) is 25.0 Å². The van der Waals surface area contributed by atoms with Crippen LogP contribution in [0.5, 0.6) is 5.75 Å². The van der Waals surface area contributed by atoms with Crippen molar-refractivity contribution in [1.82, 2.24) is 0 Å². The van der Waals surface area contributed by atoms with Crippen LogP contribution >= 0.6 is 0 Å². The molecule has 0 bridgehead atoms. The lowest BCUT2D eigenvalue weighted by Crippen LogP contribution is -2.52. The summed E-state index contributed by atoms with van der Waals surface area (Å²) in [4.78, 5) is 10.9. The Bertz CT molecular complexity index is 492. The summed E-state index contributed by atoms with van der Waals surface area (Å²) in [6, 6.07) is 8.89. The third-order valence-corrected chi connectivity index (χ3v) is 3.27. The highest BCUT2D eigenvalue weighted by Gasteiger charge is 2.47. The zero-order chi connectivity index (χ0) is 15.5. The molecular formula is C14H16F3NO3. The molecular weight excluding hydrogens is 287 g/mol. The van der Waals surface area contributed by atoms with Gasteiger partial charge in [0.25, 0.3) is 0 Å². The second kappa shape index (κ2) is 5.93. The van der Waals surface area contributed by atoms with E-state index < -0.39 is 17.9 Å². The van der Waals surface area contributed by atoms with E-state index in [0.29, 0.717) is 18.6 Å². The average Bonchev–Trinajstić information content (AvgIpc) is 2.38. The normalized spacial score (nSPS) is 26.2. The van der Waals surface area contributed by atoms with Crippen molar-refractivity contribution in [2.24, 2.45) is 5.73 Å². The van der Waals surface area contributed by atoms with Crippen molar-refractivity contribution in [3.8, 4) is 5.75 Å². The minimum atomic E-state index is -5.04. The van der Waals surface area contributed by atoms with Crippen LogP contribution in [0.4, 0.5) is 13.2 Å². The summed E-state index contributed by atoms with van der Waals surface area (Å²) >= 11 is 0. The number of halogens is 3. The van der Waals surface area contributed by atoms with Crippen LogP contribution in [0.1, 0.15) is 25.7 Å². The first kappa shape index (κ1) is 15.6. The Kier molecular flexibility index (Phi) is 4.41. The molecule has 2 N–H and O–H groups in total. The standard InChI is InChI=1S/C14H16F3NO3/c15-14(16,17)12(19)21-13(18)8-4-7-11(9-13)20-10-5-2-1-3-6-10/h1-3,5-6,11H,4,7-9,18H2/t11-,13+/m1/s1. The van der Waals surface area contributed by atoms with Gasteiger partial charge in [0.05, 0.1) is 0 Å². The first-order valence-electron chi connectivity index (χ1n) is 6.59. The fraction of sp³-hybridized carbons (Fsp3) is 0.500. The molecule has 0 radical (unpaired) electrons. The van der Waals surface area contributed by atoms with Crippen molar-refractivity contribution in [2.75, 3.05) is 0 Å². The number of alkyl halides is 3. The largest absolute Gasteiger partial charge is 0.490 e. The number of esters is 1. The van der Waals surface area contributed by atoms with Crippen LogP contribution < -0.4 is 10.5 Å². The van der Waals surface area contributed by atoms with Crippen LogP contribution in [0.15, 0.2) is 30.3 Å². The minimum absolute atomic E-state index is 0.0315. The molecule has 0 heterocycles. The summed E-state index contributed by atoms with van der Waals surface area (Å²) in [5.41, 5.74) is 4.14. The predicted molar refractivity (Wildman–Crippen MR) is 68.4 cm³/mol. The van der Waals surface area contributed by atoms with Gasteiger partial charge in [-0.2, -0.15) is 13.2 Å². The molecule has 1 aromatic carbocycles. The van der Waals surface area contributed by atoms with E-state index >= 15 is 0 Å². The van der Waals surface area contributed by atoms with Crippen molar-refractivity contribution in [3.05, 3.63) is 30.3 Å². The van der Waals surface area contributed by atoms with E-state index in [-0.39, 0.29) is 18.9 Å². The van der Waals surface area contributed by atoms with Gasteiger partial charge < -0.3 is 9.47 Å². The van der Waals surface area contributed by atoms with Gasteiger partial charge in [0.15, 0.2) is 5.72 Å². The van der Waals surface area contributed by atoms with E-state index in [9.17, 15) is 18.0 Å². The Labute approximate surface area is 120 Å². The van der Waals surface area contributed by atoms with Crippen molar-refractivity contribution in [2.45, 2.75) is 43.7 Å². The van der Waals surface area contributed by atoms with Crippen LogP contribution in [0, 0.1) is 0 Å². The zero-order valence-electron chi connectivity index (χ0n) is 11.2. The molecule has 1 aliphatic rings. The third kappa shape index (κ3) is 4.35. The molecule has 0 aliphatic heterocycles. The summed E-state index contributed by atoms with van der Waals surface area (Å²) in [7, 11) is 0. The van der Waals surface area contributed by atoms with Crippen LogP contribution in [0.2, 0.25) is 0 Å². The van der Waals surface area contributed by atoms with E-state index in [1.54, 1.807) is 24.3 Å². The highest BCUT2D eigenvalue weighted by molar-refractivity contribution is 5.76. The molecule has 2 atom stereocenters. The van der Waals surface area contributed by atoms with Gasteiger partial charge in [-0.3, -0.25) is 5.73 Å². The average molecular weight is 303 g/mol. The van der Waals surface area contributed by atoms with Gasteiger partial charge >= 0.3 is 12.1 Å². The highest BCUT2D eigenvalue weighted by Crippen LogP contribution is 2.32. The van der Waals surface area contributed by atoms with Crippen LogP contribution in [-0.4, -0.2) is 24.0 Å². The second-order valence-corrected chi connectivity index (χ2v) is 5.10. The second-order valence-electron chi connectivity index (χ2n) is 5.10. The monoisotopic (exact) mass is 303 g/mol. The number of hydrogen-bond acceptors (Lipinski definition) is 4. The molecule has 2 rings (SSSR count). The maximum atomic E-state index is 12.3. The first-order valence-corrected chi connectivity index (χ1v) is 6.59. The van der Waals surface area contributed by atoms with Crippen LogP contribution in [0.25, 0.3) is 0 Å². The summed E-state index contributed by atoms with van der Waals surface area (Å²) < 4.78 is 46.9. The Balaban J connectivity index is 1.98.